The number of hydrogen-bond donors (Lipinski definition) is 1. The van der Waals surface area contributed by atoms with E-state index in [1.54, 1.807) is 0 Å². The van der Waals surface area contributed by atoms with Crippen LogP contribution in [0.2, 0.25) is 5.02 Å². The van der Waals surface area contributed by atoms with Crippen LogP contribution >= 0.6 is 23.8 Å². The molecule has 5 heteroatoms. The third-order valence-corrected chi connectivity index (χ3v) is 4.39. The molecule has 1 aliphatic heterocycles. The zero-order chi connectivity index (χ0) is 14.4. The Morgan fingerprint density at radius 1 is 1.29 bits per heavy atom. The van der Waals surface area contributed by atoms with E-state index in [9.17, 15) is 0 Å². The van der Waals surface area contributed by atoms with Gasteiger partial charge in [0.2, 0.25) is 0 Å². The fourth-order valence-corrected chi connectivity index (χ4v) is 3.33. The van der Waals surface area contributed by atoms with Crippen LogP contribution in [0.25, 0.3) is 11.0 Å². The quantitative estimate of drug-likeness (QED) is 0.712. The van der Waals surface area contributed by atoms with Gasteiger partial charge in [0.1, 0.15) is 11.9 Å². The van der Waals surface area contributed by atoms with E-state index < -0.39 is 0 Å². The highest BCUT2D eigenvalue weighted by Gasteiger charge is 2.23. The fourth-order valence-electron chi connectivity index (χ4n) is 2.88. The van der Waals surface area contributed by atoms with Crippen LogP contribution in [0, 0.1) is 4.77 Å². The summed E-state index contributed by atoms with van der Waals surface area (Å²) in [5.74, 6) is 0.983. The molecule has 1 aromatic heterocycles. The Kier molecular flexibility index (Phi) is 3.01. The fraction of sp³-hybridized carbons (Fsp3) is 0.188. The Hall–Kier alpha value is -1.78. The summed E-state index contributed by atoms with van der Waals surface area (Å²) >= 11 is 11.4. The van der Waals surface area contributed by atoms with Crippen molar-refractivity contribution in [2.24, 2.45) is 0 Å². The number of benzene rings is 2. The first-order valence-electron chi connectivity index (χ1n) is 6.83. The van der Waals surface area contributed by atoms with Crippen LogP contribution in [0.1, 0.15) is 5.56 Å². The molecule has 1 N–H and O–H groups in total. The van der Waals surface area contributed by atoms with Crippen molar-refractivity contribution in [1.29, 1.82) is 0 Å². The number of imidazole rings is 1. The molecular weight excluding hydrogens is 304 g/mol. The average Bonchev–Trinajstić information content (AvgIpc) is 3.00. The standard InChI is InChI=1S/C16H13ClN2OS/c17-11-5-6-14-13(8-11)18-16(21)19(14)9-12-7-10-3-1-2-4-15(10)20-12/h1-6,8,12H,7,9H2,(H,18,21). The summed E-state index contributed by atoms with van der Waals surface area (Å²) < 4.78 is 8.78. The van der Waals surface area contributed by atoms with E-state index in [0.29, 0.717) is 9.79 Å². The molecule has 0 spiro atoms. The zero-order valence-electron chi connectivity index (χ0n) is 11.2. The maximum absolute atomic E-state index is 6.02. The highest BCUT2D eigenvalue weighted by Crippen LogP contribution is 2.29. The molecule has 21 heavy (non-hydrogen) atoms. The second kappa shape index (κ2) is 4.90. The molecule has 0 aliphatic carbocycles. The van der Waals surface area contributed by atoms with Crippen molar-refractivity contribution < 1.29 is 4.74 Å². The third kappa shape index (κ3) is 2.24. The third-order valence-electron chi connectivity index (χ3n) is 3.84. The van der Waals surface area contributed by atoms with Gasteiger partial charge in [0.25, 0.3) is 0 Å². The van der Waals surface area contributed by atoms with E-state index in [1.807, 2.05) is 36.4 Å². The van der Waals surface area contributed by atoms with Crippen molar-refractivity contribution in [1.82, 2.24) is 9.55 Å². The molecule has 1 unspecified atom stereocenters. The summed E-state index contributed by atoms with van der Waals surface area (Å²) in [6.07, 6.45) is 1.03. The molecule has 0 amide bonds. The molecule has 4 rings (SSSR count). The Bertz CT molecular complexity index is 858. The van der Waals surface area contributed by atoms with Crippen molar-refractivity contribution in [2.45, 2.75) is 19.1 Å². The molecule has 2 heterocycles. The lowest BCUT2D eigenvalue weighted by molar-refractivity contribution is 0.210. The smallest absolute Gasteiger partial charge is 0.178 e. The van der Waals surface area contributed by atoms with Gasteiger partial charge in [-0.1, -0.05) is 29.8 Å². The predicted octanol–water partition coefficient (Wildman–Crippen LogP) is 4.36. The minimum atomic E-state index is 0.115. The van der Waals surface area contributed by atoms with Crippen molar-refractivity contribution in [3.05, 3.63) is 57.8 Å². The average molecular weight is 317 g/mol. The van der Waals surface area contributed by atoms with E-state index in [0.717, 1.165) is 29.7 Å². The highest BCUT2D eigenvalue weighted by molar-refractivity contribution is 7.71. The lowest BCUT2D eigenvalue weighted by atomic mass is 10.1. The van der Waals surface area contributed by atoms with E-state index in [1.165, 1.54) is 5.56 Å². The SMILES string of the molecule is S=c1[nH]c2cc(Cl)ccc2n1CC1Cc2ccccc2O1. The molecule has 0 radical (unpaired) electrons. The van der Waals surface area contributed by atoms with Crippen LogP contribution in [0.15, 0.2) is 42.5 Å². The van der Waals surface area contributed by atoms with Gasteiger partial charge < -0.3 is 14.3 Å². The van der Waals surface area contributed by atoms with Gasteiger partial charge in [-0.2, -0.15) is 0 Å². The molecule has 3 aromatic rings. The number of fused-ring (bicyclic) bond motifs is 2. The van der Waals surface area contributed by atoms with Crippen LogP contribution in [0.5, 0.6) is 5.75 Å². The van der Waals surface area contributed by atoms with Crippen LogP contribution in [-0.2, 0) is 13.0 Å². The Morgan fingerprint density at radius 3 is 3.00 bits per heavy atom. The van der Waals surface area contributed by atoms with E-state index in [-0.39, 0.29) is 6.10 Å². The van der Waals surface area contributed by atoms with Crippen LogP contribution in [-0.4, -0.2) is 15.7 Å². The second-order valence-electron chi connectivity index (χ2n) is 5.25. The van der Waals surface area contributed by atoms with E-state index >= 15 is 0 Å². The monoisotopic (exact) mass is 316 g/mol. The number of aromatic nitrogens is 2. The summed E-state index contributed by atoms with van der Waals surface area (Å²) in [5.41, 5.74) is 3.28. The molecular formula is C16H13ClN2OS. The number of halogens is 1. The van der Waals surface area contributed by atoms with Gasteiger partial charge in [0.15, 0.2) is 4.77 Å². The molecule has 0 saturated heterocycles. The molecule has 0 saturated carbocycles. The number of aromatic amines is 1. The minimum absolute atomic E-state index is 0.115. The van der Waals surface area contributed by atoms with Crippen molar-refractivity contribution in [3.8, 4) is 5.75 Å². The number of hydrogen-bond acceptors (Lipinski definition) is 2. The number of ether oxygens (including phenoxy) is 1. The van der Waals surface area contributed by atoms with Gasteiger partial charge in [-0.15, -0.1) is 0 Å². The summed E-state index contributed by atoms with van der Waals surface area (Å²) in [5, 5.41) is 0.704. The second-order valence-corrected chi connectivity index (χ2v) is 6.08. The van der Waals surface area contributed by atoms with Crippen LogP contribution in [0.4, 0.5) is 0 Å². The first-order valence-corrected chi connectivity index (χ1v) is 7.62. The summed E-state index contributed by atoms with van der Waals surface area (Å²) in [6.45, 7) is 0.731. The number of rotatable bonds is 2. The number of nitrogens with zero attached hydrogens (tertiary/aromatic N) is 1. The lowest BCUT2D eigenvalue weighted by Gasteiger charge is -2.12. The first kappa shape index (κ1) is 12.9. The topological polar surface area (TPSA) is 29.9 Å². The number of nitrogens with one attached hydrogen (secondary N) is 1. The molecule has 1 aliphatic rings. The highest BCUT2D eigenvalue weighted by atomic mass is 35.5. The van der Waals surface area contributed by atoms with E-state index in [4.69, 9.17) is 28.6 Å². The normalized spacial score (nSPS) is 16.9. The molecule has 2 aromatic carbocycles. The first-order chi connectivity index (χ1) is 10.2. The lowest BCUT2D eigenvalue weighted by Crippen LogP contribution is -2.20. The van der Waals surface area contributed by atoms with Gasteiger partial charge in [0.05, 0.1) is 17.6 Å². The molecule has 1 atom stereocenters. The summed E-state index contributed by atoms with van der Waals surface area (Å²) in [6, 6.07) is 13.9. The Labute approximate surface area is 132 Å². The molecule has 3 nitrogen and oxygen atoms in total. The molecule has 0 bridgehead atoms. The molecule has 106 valence electrons. The van der Waals surface area contributed by atoms with Crippen molar-refractivity contribution >= 4 is 34.9 Å². The van der Waals surface area contributed by atoms with Crippen molar-refractivity contribution in [2.75, 3.05) is 0 Å². The predicted molar refractivity (Wildman–Crippen MR) is 86.7 cm³/mol. The molecule has 0 fully saturated rings. The van der Waals surface area contributed by atoms with Crippen LogP contribution < -0.4 is 4.74 Å². The minimum Gasteiger partial charge on any atom is -0.488 e. The van der Waals surface area contributed by atoms with Gasteiger partial charge >= 0.3 is 0 Å². The van der Waals surface area contributed by atoms with Gasteiger partial charge in [0, 0.05) is 11.4 Å². The number of para-hydroxylation sites is 1. The Balaban J connectivity index is 1.67. The maximum Gasteiger partial charge on any atom is 0.178 e. The van der Waals surface area contributed by atoms with Crippen LogP contribution in [0.3, 0.4) is 0 Å². The van der Waals surface area contributed by atoms with Gasteiger partial charge in [-0.25, -0.2) is 0 Å². The zero-order valence-corrected chi connectivity index (χ0v) is 12.7. The van der Waals surface area contributed by atoms with Crippen molar-refractivity contribution in [3.63, 3.8) is 0 Å². The summed E-state index contributed by atoms with van der Waals surface area (Å²) in [7, 11) is 0. The number of H-pyrrole nitrogens is 1. The van der Waals surface area contributed by atoms with Gasteiger partial charge in [-0.3, -0.25) is 0 Å². The Morgan fingerprint density at radius 2 is 2.14 bits per heavy atom. The maximum atomic E-state index is 6.02. The van der Waals surface area contributed by atoms with Gasteiger partial charge in [-0.05, 0) is 42.0 Å². The largest absolute Gasteiger partial charge is 0.488 e. The van der Waals surface area contributed by atoms with E-state index in [2.05, 4.69) is 15.6 Å². The summed E-state index contributed by atoms with van der Waals surface area (Å²) in [4.78, 5) is 3.20.